The van der Waals surface area contributed by atoms with E-state index in [1.807, 2.05) is 37.2 Å². The van der Waals surface area contributed by atoms with Gasteiger partial charge in [0.25, 0.3) is 0 Å². The van der Waals surface area contributed by atoms with Gasteiger partial charge in [-0.3, -0.25) is 19.3 Å². The average Bonchev–Trinajstić information content (AvgIpc) is 3.59. The van der Waals surface area contributed by atoms with E-state index in [9.17, 15) is 14.7 Å². The maximum Gasteiger partial charge on any atom is 0.248 e. The Kier molecular flexibility index (Phi) is 6.17. The summed E-state index contributed by atoms with van der Waals surface area (Å²) in [6.07, 6.45) is 9.44. The minimum absolute atomic E-state index is 0.0107. The molecule has 0 radical (unpaired) electrons. The Bertz CT molecular complexity index is 1610. The highest BCUT2D eigenvalue weighted by atomic mass is 16.3. The molecule has 2 aliphatic rings. The number of nitrogen functional groups attached to an aromatic ring is 1. The van der Waals surface area contributed by atoms with Crippen LogP contribution in [0, 0.1) is 6.92 Å². The Balaban J connectivity index is 1.43. The van der Waals surface area contributed by atoms with Crippen molar-refractivity contribution in [1.29, 1.82) is 0 Å². The van der Waals surface area contributed by atoms with Crippen LogP contribution in [0.2, 0.25) is 0 Å². The number of aromatic nitrogens is 6. The van der Waals surface area contributed by atoms with Crippen LogP contribution in [0.15, 0.2) is 30.7 Å². The summed E-state index contributed by atoms with van der Waals surface area (Å²) in [6, 6.07) is 4.08. The van der Waals surface area contributed by atoms with Gasteiger partial charge in [-0.05, 0) is 63.6 Å². The van der Waals surface area contributed by atoms with Crippen LogP contribution in [0.25, 0.3) is 28.2 Å². The molecule has 202 valence electrons. The minimum Gasteiger partial charge on any atom is -0.387 e. The van der Waals surface area contributed by atoms with Crippen molar-refractivity contribution in [3.05, 3.63) is 47.5 Å². The van der Waals surface area contributed by atoms with E-state index in [1.165, 1.54) is 11.4 Å². The summed E-state index contributed by atoms with van der Waals surface area (Å²) in [5.74, 6) is -0.173. The zero-order chi connectivity index (χ0) is 27.4. The zero-order valence-corrected chi connectivity index (χ0v) is 22.3. The first-order valence-electron chi connectivity index (χ1n) is 13.3. The van der Waals surface area contributed by atoms with Gasteiger partial charge in [-0.25, -0.2) is 4.98 Å². The number of hydrogen-bond acceptors (Lipinski definition) is 8. The summed E-state index contributed by atoms with van der Waals surface area (Å²) in [4.78, 5) is 37.0. The monoisotopic (exact) mass is 528 g/mol. The molecule has 11 nitrogen and oxygen atoms in total. The second kappa shape index (κ2) is 9.57. The quantitative estimate of drug-likeness (QED) is 0.376. The Hall–Kier alpha value is -4.12. The molecule has 6 rings (SSSR count). The third kappa shape index (κ3) is 4.17. The fourth-order valence-electron chi connectivity index (χ4n) is 6.48. The second-order valence-corrected chi connectivity index (χ2v) is 10.7. The molecule has 0 aliphatic carbocycles. The molecule has 1 amide bonds. The lowest BCUT2D eigenvalue weighted by Crippen LogP contribution is -2.41. The first-order chi connectivity index (χ1) is 18.8. The van der Waals surface area contributed by atoms with Crippen LogP contribution < -0.4 is 5.73 Å². The molecule has 4 aromatic heterocycles. The van der Waals surface area contributed by atoms with Crippen LogP contribution in [0.3, 0.4) is 0 Å². The number of fused-ring (bicyclic) bond motifs is 3. The number of amides is 1. The van der Waals surface area contributed by atoms with Crippen LogP contribution in [0.4, 0.5) is 5.82 Å². The number of ketones is 1. The van der Waals surface area contributed by atoms with E-state index >= 15 is 0 Å². The van der Waals surface area contributed by atoms with Crippen LogP contribution in [0.1, 0.15) is 66.6 Å². The molecule has 0 aromatic carbocycles. The maximum atomic E-state index is 12.9. The molecule has 2 fully saturated rings. The predicted molar refractivity (Wildman–Crippen MR) is 145 cm³/mol. The molecule has 3 N–H and O–H groups in total. The molecule has 2 saturated heterocycles. The number of nitrogens with two attached hydrogens (primary N) is 1. The van der Waals surface area contributed by atoms with Crippen molar-refractivity contribution in [2.75, 3.05) is 12.3 Å². The number of pyridine rings is 1. The molecular formula is C28H32N8O3. The third-order valence-corrected chi connectivity index (χ3v) is 8.24. The van der Waals surface area contributed by atoms with Gasteiger partial charge in [0, 0.05) is 48.6 Å². The van der Waals surface area contributed by atoms with Gasteiger partial charge in [0.15, 0.2) is 11.4 Å². The van der Waals surface area contributed by atoms with Gasteiger partial charge in [0.2, 0.25) is 5.91 Å². The van der Waals surface area contributed by atoms with Crippen LogP contribution in [-0.4, -0.2) is 69.7 Å². The highest BCUT2D eigenvalue weighted by molar-refractivity contribution is 6.00. The Labute approximate surface area is 225 Å². The van der Waals surface area contributed by atoms with Gasteiger partial charge >= 0.3 is 0 Å². The second-order valence-electron chi connectivity index (χ2n) is 10.7. The molecule has 11 heteroatoms. The fraction of sp³-hybridized carbons (Fsp3) is 0.429. The predicted octanol–water partition coefficient (Wildman–Crippen LogP) is 2.90. The standard InChI is InChI=1S/C28H32N8O3/c1-15-10-18(12-30-25(15)22-8-9-34(3)33-22)21-13-31-36-27(29)24(16(2)38)26(32-28(21)36)17-4-5-19-6-7-20(11-17)35(19)23(39)14-37/h8-10,12-13,17,19-20,37H,4-7,11,14,29H2,1-3H3/t17-,19-,20?/m0/s1. The Morgan fingerprint density at radius 3 is 2.62 bits per heavy atom. The molecule has 1 unspecified atom stereocenters. The largest absolute Gasteiger partial charge is 0.387 e. The van der Waals surface area contributed by atoms with E-state index in [0.29, 0.717) is 23.3 Å². The summed E-state index contributed by atoms with van der Waals surface area (Å²) >= 11 is 0. The average molecular weight is 529 g/mol. The summed E-state index contributed by atoms with van der Waals surface area (Å²) in [5, 5.41) is 18.5. The van der Waals surface area contributed by atoms with Gasteiger partial charge < -0.3 is 15.7 Å². The summed E-state index contributed by atoms with van der Waals surface area (Å²) < 4.78 is 3.27. The lowest BCUT2D eigenvalue weighted by molar-refractivity contribution is -0.137. The summed E-state index contributed by atoms with van der Waals surface area (Å²) in [6.45, 7) is 3.01. The first-order valence-corrected chi connectivity index (χ1v) is 13.3. The third-order valence-electron chi connectivity index (χ3n) is 8.24. The van der Waals surface area contributed by atoms with Crippen LogP contribution >= 0.6 is 0 Å². The normalized spacial score (nSPS) is 20.9. The van der Waals surface area contributed by atoms with E-state index < -0.39 is 6.61 Å². The number of carbonyl (C=O) groups is 2. The number of nitrogens with zero attached hydrogens (tertiary/aromatic N) is 7. The van der Waals surface area contributed by atoms with Gasteiger partial charge in [-0.15, -0.1) is 0 Å². The topological polar surface area (TPSA) is 145 Å². The van der Waals surface area contributed by atoms with E-state index in [-0.39, 0.29) is 35.5 Å². The first kappa shape index (κ1) is 25.2. The van der Waals surface area contributed by atoms with Gasteiger partial charge in [0.05, 0.1) is 23.1 Å². The highest BCUT2D eigenvalue weighted by Crippen LogP contribution is 2.42. The molecule has 0 spiro atoms. The number of anilines is 1. The van der Waals surface area contributed by atoms with Crippen LogP contribution in [0.5, 0.6) is 0 Å². The summed E-state index contributed by atoms with van der Waals surface area (Å²) in [7, 11) is 1.87. The molecule has 2 bridgehead atoms. The molecule has 39 heavy (non-hydrogen) atoms. The van der Waals surface area contributed by atoms with Crippen LogP contribution in [-0.2, 0) is 11.8 Å². The van der Waals surface area contributed by atoms with E-state index in [1.54, 1.807) is 17.1 Å². The lowest BCUT2D eigenvalue weighted by Gasteiger charge is -2.28. The SMILES string of the molecule is CC(=O)c1c([C@H]2CC[C@H]3CCC(C2)N3C(=O)CO)nc2c(-c3cnc(-c4ccn(C)n4)c(C)c3)cnn2c1N. The fourth-order valence-corrected chi connectivity index (χ4v) is 6.48. The van der Waals surface area contributed by atoms with Gasteiger partial charge in [0.1, 0.15) is 18.1 Å². The Morgan fingerprint density at radius 1 is 1.15 bits per heavy atom. The summed E-state index contributed by atoms with van der Waals surface area (Å²) in [5.41, 5.74) is 12.4. The van der Waals surface area contributed by atoms with Crippen molar-refractivity contribution in [2.45, 2.75) is 64.0 Å². The minimum atomic E-state index is -0.487. The Morgan fingerprint density at radius 2 is 1.92 bits per heavy atom. The van der Waals surface area contributed by atoms with Crippen molar-refractivity contribution in [1.82, 2.24) is 34.3 Å². The number of hydrogen-bond donors (Lipinski definition) is 2. The van der Waals surface area contributed by atoms with Gasteiger partial charge in [-0.2, -0.15) is 14.7 Å². The van der Waals surface area contributed by atoms with Crippen molar-refractivity contribution in [3.63, 3.8) is 0 Å². The highest BCUT2D eigenvalue weighted by Gasteiger charge is 2.41. The van der Waals surface area contributed by atoms with E-state index in [0.717, 1.165) is 53.8 Å². The van der Waals surface area contributed by atoms with E-state index in [2.05, 4.69) is 10.2 Å². The van der Waals surface area contributed by atoms with Gasteiger partial charge in [-0.1, -0.05) is 0 Å². The molecular weight excluding hydrogens is 496 g/mol. The number of aliphatic hydroxyl groups is 1. The molecule has 4 aromatic rings. The lowest BCUT2D eigenvalue weighted by atomic mass is 9.86. The van der Waals surface area contributed by atoms with Crippen molar-refractivity contribution >= 4 is 23.2 Å². The van der Waals surface area contributed by atoms with E-state index in [4.69, 9.17) is 15.7 Å². The zero-order valence-electron chi connectivity index (χ0n) is 22.3. The smallest absolute Gasteiger partial charge is 0.248 e. The van der Waals surface area contributed by atoms with Crippen molar-refractivity contribution in [3.8, 4) is 22.5 Å². The maximum absolute atomic E-state index is 12.9. The number of rotatable bonds is 5. The van der Waals surface area contributed by atoms with Crippen molar-refractivity contribution < 1.29 is 14.7 Å². The number of Topliss-reactive ketones (excluding diaryl/α,β-unsaturated/α-hetero) is 1. The molecule has 6 heterocycles. The number of carbonyl (C=O) groups excluding carboxylic acids is 2. The number of aryl methyl sites for hydroxylation is 2. The molecule has 3 atom stereocenters. The number of aliphatic hydroxyl groups excluding tert-OH is 1. The molecule has 2 aliphatic heterocycles. The van der Waals surface area contributed by atoms with Crippen molar-refractivity contribution in [2.24, 2.45) is 7.05 Å². The molecule has 0 saturated carbocycles.